The van der Waals surface area contributed by atoms with Gasteiger partial charge in [0.1, 0.15) is 12.2 Å². The molecular weight excluding hydrogens is 184 g/mol. The second kappa shape index (κ2) is 4.87. The molecule has 13 heavy (non-hydrogen) atoms. The third-order valence-electron chi connectivity index (χ3n) is 1.35. The van der Waals surface area contributed by atoms with Crippen LogP contribution in [0.5, 0.6) is 0 Å². The normalized spacial score (nSPS) is 17.5. The minimum Gasteiger partial charge on any atom is -0.479 e. The van der Waals surface area contributed by atoms with Crippen molar-refractivity contribution >= 4 is 11.8 Å². The number of Topliss-reactive ketones (excluding diaryl/α,β-unsaturated/α-hetero) is 1. The van der Waals surface area contributed by atoms with Gasteiger partial charge in [-0.15, -0.1) is 0 Å². The first-order chi connectivity index (χ1) is 5.91. The summed E-state index contributed by atoms with van der Waals surface area (Å²) in [4.78, 5) is 20.8. The molecule has 0 aliphatic carbocycles. The SMILES string of the molecule is O=C(O)[C@H](O)C(=O)[C@H](O)[C@H](O)CO. The Balaban J connectivity index is 4.33. The average Bonchev–Trinajstić information content (AvgIpc) is 2.12. The summed E-state index contributed by atoms with van der Waals surface area (Å²) in [6, 6.07) is 0. The summed E-state index contributed by atoms with van der Waals surface area (Å²) in [5, 5.41) is 42.5. The van der Waals surface area contributed by atoms with E-state index in [1.165, 1.54) is 0 Å². The molecule has 0 radical (unpaired) electrons. The van der Waals surface area contributed by atoms with Crippen molar-refractivity contribution in [2.45, 2.75) is 18.3 Å². The lowest BCUT2D eigenvalue weighted by atomic mass is 10.1. The van der Waals surface area contributed by atoms with Crippen LogP contribution in [-0.2, 0) is 9.59 Å². The van der Waals surface area contributed by atoms with Crippen molar-refractivity contribution in [3.05, 3.63) is 0 Å². The average molecular weight is 194 g/mol. The number of aliphatic hydroxyl groups is 4. The van der Waals surface area contributed by atoms with Crippen molar-refractivity contribution in [2.24, 2.45) is 0 Å². The summed E-state index contributed by atoms with van der Waals surface area (Å²) in [7, 11) is 0. The predicted octanol–water partition coefficient (Wildman–Crippen LogP) is -3.28. The molecule has 0 heterocycles. The van der Waals surface area contributed by atoms with Crippen molar-refractivity contribution in [3.63, 3.8) is 0 Å². The summed E-state index contributed by atoms with van der Waals surface area (Å²) >= 11 is 0. The monoisotopic (exact) mass is 194 g/mol. The molecule has 0 rings (SSSR count). The van der Waals surface area contributed by atoms with E-state index in [2.05, 4.69) is 0 Å². The molecule has 0 aromatic carbocycles. The van der Waals surface area contributed by atoms with Crippen LogP contribution in [0.15, 0.2) is 0 Å². The number of carbonyl (C=O) groups excluding carboxylic acids is 1. The fourth-order valence-electron chi connectivity index (χ4n) is 0.573. The molecule has 0 aliphatic rings. The third-order valence-corrected chi connectivity index (χ3v) is 1.35. The van der Waals surface area contributed by atoms with E-state index in [4.69, 9.17) is 25.5 Å². The van der Waals surface area contributed by atoms with Gasteiger partial charge in [0.25, 0.3) is 0 Å². The van der Waals surface area contributed by atoms with Gasteiger partial charge in [0.15, 0.2) is 0 Å². The minimum absolute atomic E-state index is 0.904. The molecule has 7 heteroatoms. The topological polar surface area (TPSA) is 135 Å². The Morgan fingerprint density at radius 2 is 1.62 bits per heavy atom. The Bertz CT molecular complexity index is 201. The highest BCUT2D eigenvalue weighted by atomic mass is 16.4. The van der Waals surface area contributed by atoms with Gasteiger partial charge in [0.2, 0.25) is 11.9 Å². The molecule has 0 bridgehead atoms. The standard InChI is InChI=1S/C6H10O7/c7-1-2(8)3(9)4(10)5(11)6(12)13/h2-3,5,7-9,11H,1H2,(H,12,13)/t2-,3-,5-/m1/s1. The van der Waals surface area contributed by atoms with Gasteiger partial charge < -0.3 is 25.5 Å². The Morgan fingerprint density at radius 3 is 1.92 bits per heavy atom. The maximum absolute atomic E-state index is 10.7. The Kier molecular flexibility index (Phi) is 4.49. The molecule has 0 saturated carbocycles. The molecule has 0 aliphatic heterocycles. The number of aliphatic carboxylic acids is 1. The molecule has 0 saturated heterocycles. The molecule has 0 fully saturated rings. The van der Waals surface area contributed by atoms with E-state index in [0.717, 1.165) is 0 Å². The van der Waals surface area contributed by atoms with E-state index in [0.29, 0.717) is 0 Å². The largest absolute Gasteiger partial charge is 0.479 e. The van der Waals surface area contributed by atoms with Crippen LogP contribution in [0, 0.1) is 0 Å². The lowest BCUT2D eigenvalue weighted by Crippen LogP contribution is -2.45. The van der Waals surface area contributed by atoms with Crippen LogP contribution in [0.25, 0.3) is 0 Å². The lowest BCUT2D eigenvalue weighted by Gasteiger charge is -2.15. The van der Waals surface area contributed by atoms with Gasteiger partial charge in [-0.25, -0.2) is 4.79 Å². The zero-order valence-corrected chi connectivity index (χ0v) is 6.49. The molecule has 5 N–H and O–H groups in total. The highest BCUT2D eigenvalue weighted by Gasteiger charge is 2.33. The van der Waals surface area contributed by atoms with E-state index in [1.54, 1.807) is 0 Å². The van der Waals surface area contributed by atoms with Gasteiger partial charge in [-0.3, -0.25) is 4.79 Å². The van der Waals surface area contributed by atoms with Crippen molar-refractivity contribution in [3.8, 4) is 0 Å². The number of hydrogen-bond acceptors (Lipinski definition) is 6. The van der Waals surface area contributed by atoms with Crippen LogP contribution in [-0.4, -0.2) is 62.2 Å². The number of carboxylic acid groups (broad SMARTS) is 1. The van der Waals surface area contributed by atoms with Crippen LogP contribution >= 0.6 is 0 Å². The van der Waals surface area contributed by atoms with Crippen molar-refractivity contribution in [1.29, 1.82) is 0 Å². The van der Waals surface area contributed by atoms with Crippen LogP contribution in [0.2, 0.25) is 0 Å². The number of hydrogen-bond donors (Lipinski definition) is 5. The fourth-order valence-corrected chi connectivity index (χ4v) is 0.573. The Labute approximate surface area is 72.9 Å². The van der Waals surface area contributed by atoms with Crippen LogP contribution in [0.4, 0.5) is 0 Å². The summed E-state index contributed by atoms with van der Waals surface area (Å²) in [5.41, 5.74) is 0. The zero-order chi connectivity index (χ0) is 10.6. The molecule has 0 amide bonds. The molecule has 0 aromatic heterocycles. The van der Waals surface area contributed by atoms with Gasteiger partial charge in [-0.2, -0.15) is 0 Å². The van der Waals surface area contributed by atoms with Crippen molar-refractivity contribution < 1.29 is 35.1 Å². The zero-order valence-electron chi connectivity index (χ0n) is 6.49. The number of carbonyl (C=O) groups is 2. The summed E-state index contributed by atoms with van der Waals surface area (Å²) in [5.74, 6) is -3.29. The second-order valence-corrected chi connectivity index (χ2v) is 2.34. The predicted molar refractivity (Wildman–Crippen MR) is 37.7 cm³/mol. The molecular formula is C6H10O7. The van der Waals surface area contributed by atoms with Crippen molar-refractivity contribution in [2.75, 3.05) is 6.61 Å². The van der Waals surface area contributed by atoms with Gasteiger partial charge in [-0.05, 0) is 0 Å². The number of ketones is 1. The smallest absolute Gasteiger partial charge is 0.340 e. The van der Waals surface area contributed by atoms with E-state index < -0.39 is 36.7 Å². The van der Waals surface area contributed by atoms with Gasteiger partial charge in [0, 0.05) is 0 Å². The number of aliphatic hydroxyl groups excluding tert-OH is 4. The van der Waals surface area contributed by atoms with Crippen molar-refractivity contribution in [1.82, 2.24) is 0 Å². The Hall–Kier alpha value is -1.02. The second-order valence-electron chi connectivity index (χ2n) is 2.34. The number of carboxylic acids is 1. The van der Waals surface area contributed by atoms with Gasteiger partial charge in [0.05, 0.1) is 6.61 Å². The maximum atomic E-state index is 10.7. The summed E-state index contributed by atoms with van der Waals surface area (Å²) in [6.07, 6.45) is -6.28. The lowest BCUT2D eigenvalue weighted by molar-refractivity contribution is -0.158. The fraction of sp³-hybridized carbons (Fsp3) is 0.667. The highest BCUT2D eigenvalue weighted by molar-refractivity contribution is 6.03. The first-order valence-corrected chi connectivity index (χ1v) is 3.33. The maximum Gasteiger partial charge on any atom is 0.340 e. The molecule has 0 spiro atoms. The van der Waals surface area contributed by atoms with Crippen LogP contribution in [0.1, 0.15) is 0 Å². The first-order valence-electron chi connectivity index (χ1n) is 3.33. The molecule has 0 unspecified atom stereocenters. The molecule has 3 atom stereocenters. The minimum atomic E-state index is -2.39. The van der Waals surface area contributed by atoms with Crippen LogP contribution < -0.4 is 0 Å². The Morgan fingerprint density at radius 1 is 1.15 bits per heavy atom. The summed E-state index contributed by atoms with van der Waals surface area (Å²) < 4.78 is 0. The van der Waals surface area contributed by atoms with E-state index in [1.807, 2.05) is 0 Å². The van der Waals surface area contributed by atoms with E-state index >= 15 is 0 Å². The quantitative estimate of drug-likeness (QED) is 0.289. The molecule has 0 aromatic rings. The molecule has 7 nitrogen and oxygen atoms in total. The first kappa shape index (κ1) is 12.0. The van der Waals surface area contributed by atoms with E-state index in [-0.39, 0.29) is 0 Å². The third kappa shape index (κ3) is 3.07. The number of rotatable bonds is 5. The summed E-state index contributed by atoms with van der Waals surface area (Å²) in [6.45, 7) is -0.904. The van der Waals surface area contributed by atoms with E-state index in [9.17, 15) is 9.59 Å². The van der Waals surface area contributed by atoms with Gasteiger partial charge >= 0.3 is 5.97 Å². The molecule has 76 valence electrons. The van der Waals surface area contributed by atoms with Crippen LogP contribution in [0.3, 0.4) is 0 Å². The van der Waals surface area contributed by atoms with Gasteiger partial charge in [-0.1, -0.05) is 0 Å². The highest BCUT2D eigenvalue weighted by Crippen LogP contribution is 1.99.